The van der Waals surface area contributed by atoms with Crippen LogP contribution in [0, 0.1) is 11.3 Å². The highest BCUT2D eigenvalue weighted by Gasteiger charge is 2.04. The van der Waals surface area contributed by atoms with E-state index in [0.29, 0.717) is 37.0 Å². The average Bonchev–Trinajstić information content (AvgIpc) is 2.26. The summed E-state index contributed by atoms with van der Waals surface area (Å²) in [7, 11) is 0. The summed E-state index contributed by atoms with van der Waals surface area (Å²) in [6, 6.07) is 3.50. The third kappa shape index (κ3) is 3.44. The van der Waals surface area contributed by atoms with Crippen LogP contribution in [0.15, 0.2) is 12.3 Å². The Bertz CT molecular complexity index is 360. The zero-order chi connectivity index (χ0) is 11.1. The molecule has 0 amide bonds. The van der Waals surface area contributed by atoms with Gasteiger partial charge < -0.3 is 15.2 Å². The summed E-state index contributed by atoms with van der Waals surface area (Å²) in [5, 5.41) is 8.79. The molecule has 1 heterocycles. The molecular weight excluding hydrogens is 194 g/mol. The van der Waals surface area contributed by atoms with E-state index in [1.807, 2.05) is 13.0 Å². The summed E-state index contributed by atoms with van der Waals surface area (Å²) in [4.78, 5) is 3.92. The van der Waals surface area contributed by atoms with Gasteiger partial charge in [0.25, 0.3) is 0 Å². The van der Waals surface area contributed by atoms with Crippen molar-refractivity contribution in [3.8, 4) is 11.9 Å². The summed E-state index contributed by atoms with van der Waals surface area (Å²) >= 11 is 0. The van der Waals surface area contributed by atoms with Gasteiger partial charge in [-0.2, -0.15) is 5.26 Å². The number of hydrogen-bond donors (Lipinski definition) is 1. The van der Waals surface area contributed by atoms with Gasteiger partial charge in [-0.15, -0.1) is 0 Å². The zero-order valence-electron chi connectivity index (χ0n) is 8.56. The molecule has 0 radical (unpaired) electrons. The van der Waals surface area contributed by atoms with E-state index in [2.05, 4.69) is 4.98 Å². The van der Waals surface area contributed by atoms with Crippen molar-refractivity contribution in [3.63, 3.8) is 0 Å². The highest BCUT2D eigenvalue weighted by molar-refractivity contribution is 5.48. The van der Waals surface area contributed by atoms with Crippen molar-refractivity contribution in [2.45, 2.75) is 6.92 Å². The molecule has 0 aromatic carbocycles. The molecule has 0 aliphatic carbocycles. The van der Waals surface area contributed by atoms with Gasteiger partial charge in [-0.05, 0) is 13.0 Å². The highest BCUT2D eigenvalue weighted by Crippen LogP contribution is 2.16. The number of hydrogen-bond acceptors (Lipinski definition) is 5. The summed E-state index contributed by atoms with van der Waals surface area (Å²) < 4.78 is 10.4. The minimum absolute atomic E-state index is 0.298. The van der Waals surface area contributed by atoms with Gasteiger partial charge in [0.05, 0.1) is 18.5 Å². The summed E-state index contributed by atoms with van der Waals surface area (Å²) in [5.74, 6) is 0.298. The molecule has 15 heavy (non-hydrogen) atoms. The van der Waals surface area contributed by atoms with Crippen LogP contribution in [-0.2, 0) is 4.74 Å². The van der Waals surface area contributed by atoms with Crippen molar-refractivity contribution < 1.29 is 9.47 Å². The molecule has 0 unspecified atom stereocenters. The van der Waals surface area contributed by atoms with Gasteiger partial charge in [0.15, 0.2) is 0 Å². The van der Waals surface area contributed by atoms with Gasteiger partial charge in [-0.3, -0.25) is 0 Å². The van der Waals surface area contributed by atoms with Crippen LogP contribution in [0.2, 0.25) is 0 Å². The van der Waals surface area contributed by atoms with E-state index < -0.39 is 0 Å². The summed E-state index contributed by atoms with van der Waals surface area (Å²) in [6.07, 6.45) is 1.46. The van der Waals surface area contributed by atoms with Gasteiger partial charge in [0.1, 0.15) is 18.2 Å². The van der Waals surface area contributed by atoms with Gasteiger partial charge in [0, 0.05) is 6.61 Å². The van der Waals surface area contributed by atoms with Crippen molar-refractivity contribution in [1.82, 2.24) is 4.98 Å². The van der Waals surface area contributed by atoms with E-state index in [0.717, 1.165) is 0 Å². The Balaban J connectivity index is 2.57. The molecule has 0 bridgehead atoms. The van der Waals surface area contributed by atoms with E-state index in [4.69, 9.17) is 20.5 Å². The van der Waals surface area contributed by atoms with Crippen LogP contribution in [-0.4, -0.2) is 24.8 Å². The number of anilines is 1. The third-order valence-electron chi connectivity index (χ3n) is 1.66. The first-order valence-electron chi connectivity index (χ1n) is 4.64. The van der Waals surface area contributed by atoms with Crippen molar-refractivity contribution in [2.24, 2.45) is 0 Å². The molecule has 80 valence electrons. The first kappa shape index (κ1) is 11.3. The fourth-order valence-corrected chi connectivity index (χ4v) is 1.01. The van der Waals surface area contributed by atoms with Crippen LogP contribution in [0.5, 0.6) is 5.88 Å². The second-order valence-corrected chi connectivity index (χ2v) is 2.78. The number of nitrogen functional groups attached to an aromatic ring is 1. The lowest BCUT2D eigenvalue weighted by atomic mass is 10.3. The van der Waals surface area contributed by atoms with Crippen LogP contribution in [0.4, 0.5) is 5.69 Å². The smallest absolute Gasteiger partial charge is 0.231 e. The Morgan fingerprint density at radius 3 is 3.00 bits per heavy atom. The number of nitrogens with zero attached hydrogens (tertiary/aromatic N) is 2. The highest BCUT2D eigenvalue weighted by atomic mass is 16.5. The van der Waals surface area contributed by atoms with E-state index in [-0.39, 0.29) is 0 Å². The van der Waals surface area contributed by atoms with Gasteiger partial charge in [0.2, 0.25) is 5.88 Å². The SMILES string of the molecule is CCOCCOc1ncc(N)cc1C#N. The fourth-order valence-electron chi connectivity index (χ4n) is 1.01. The molecule has 0 saturated carbocycles. The quantitative estimate of drug-likeness (QED) is 0.727. The predicted octanol–water partition coefficient (Wildman–Crippen LogP) is 0.951. The molecule has 0 fully saturated rings. The number of ether oxygens (including phenoxy) is 2. The number of nitriles is 1. The number of nitrogens with two attached hydrogens (primary N) is 1. The number of rotatable bonds is 5. The van der Waals surface area contributed by atoms with Crippen molar-refractivity contribution >= 4 is 5.69 Å². The average molecular weight is 207 g/mol. The molecule has 1 aromatic heterocycles. The summed E-state index contributed by atoms with van der Waals surface area (Å²) in [6.45, 7) is 3.40. The second-order valence-electron chi connectivity index (χ2n) is 2.78. The second kappa shape index (κ2) is 5.83. The van der Waals surface area contributed by atoms with Crippen LogP contribution in [0.1, 0.15) is 12.5 Å². The van der Waals surface area contributed by atoms with Crippen LogP contribution in [0.3, 0.4) is 0 Å². The Morgan fingerprint density at radius 1 is 1.53 bits per heavy atom. The predicted molar refractivity (Wildman–Crippen MR) is 55.4 cm³/mol. The molecule has 0 saturated heterocycles. The van der Waals surface area contributed by atoms with E-state index in [9.17, 15) is 0 Å². The molecule has 5 heteroatoms. The maximum Gasteiger partial charge on any atom is 0.231 e. The Labute approximate surface area is 88.4 Å². The Hall–Kier alpha value is -1.80. The molecule has 1 aromatic rings. The van der Waals surface area contributed by atoms with E-state index >= 15 is 0 Å². The lowest BCUT2D eigenvalue weighted by Crippen LogP contribution is -2.08. The van der Waals surface area contributed by atoms with E-state index in [1.165, 1.54) is 12.3 Å². The van der Waals surface area contributed by atoms with Crippen molar-refractivity contribution in [2.75, 3.05) is 25.6 Å². The first-order valence-corrected chi connectivity index (χ1v) is 4.64. The normalized spacial score (nSPS) is 9.60. The molecular formula is C10H13N3O2. The van der Waals surface area contributed by atoms with Crippen LogP contribution < -0.4 is 10.5 Å². The molecule has 0 atom stereocenters. The summed E-state index contributed by atoms with van der Waals surface area (Å²) in [5.41, 5.74) is 6.27. The first-order chi connectivity index (χ1) is 7.27. The van der Waals surface area contributed by atoms with Gasteiger partial charge >= 0.3 is 0 Å². The third-order valence-corrected chi connectivity index (χ3v) is 1.66. The largest absolute Gasteiger partial charge is 0.474 e. The van der Waals surface area contributed by atoms with Crippen LogP contribution >= 0.6 is 0 Å². The molecule has 0 aliphatic heterocycles. The fraction of sp³-hybridized carbons (Fsp3) is 0.400. The lowest BCUT2D eigenvalue weighted by Gasteiger charge is -2.06. The van der Waals surface area contributed by atoms with E-state index in [1.54, 1.807) is 0 Å². The monoisotopic (exact) mass is 207 g/mol. The zero-order valence-corrected chi connectivity index (χ0v) is 8.56. The maximum atomic E-state index is 8.79. The minimum Gasteiger partial charge on any atom is -0.474 e. The Morgan fingerprint density at radius 2 is 2.33 bits per heavy atom. The molecule has 0 spiro atoms. The lowest BCUT2D eigenvalue weighted by molar-refractivity contribution is 0.108. The van der Waals surface area contributed by atoms with Gasteiger partial charge in [-0.25, -0.2) is 4.98 Å². The number of aromatic nitrogens is 1. The van der Waals surface area contributed by atoms with Crippen LogP contribution in [0.25, 0.3) is 0 Å². The minimum atomic E-state index is 0.298. The van der Waals surface area contributed by atoms with Crippen molar-refractivity contribution in [1.29, 1.82) is 5.26 Å². The molecule has 1 rings (SSSR count). The standard InChI is InChI=1S/C10H13N3O2/c1-2-14-3-4-15-10-8(6-11)5-9(12)7-13-10/h5,7H,2-4,12H2,1H3. The van der Waals surface area contributed by atoms with Gasteiger partial charge in [-0.1, -0.05) is 0 Å². The molecule has 0 aliphatic rings. The molecule has 5 nitrogen and oxygen atoms in total. The number of pyridine rings is 1. The van der Waals surface area contributed by atoms with Crippen molar-refractivity contribution in [3.05, 3.63) is 17.8 Å². The maximum absolute atomic E-state index is 8.79. The topological polar surface area (TPSA) is 81.2 Å². The molecule has 2 N–H and O–H groups in total. The Kier molecular flexibility index (Phi) is 4.38.